The quantitative estimate of drug-likeness (QED) is 0.228. The third-order valence-corrected chi connectivity index (χ3v) is 6.11. The van der Waals surface area contributed by atoms with Crippen LogP contribution in [-0.2, 0) is 6.61 Å². The monoisotopic (exact) mass is 527 g/mol. The van der Waals surface area contributed by atoms with Gasteiger partial charge in [0.15, 0.2) is 10.7 Å². The van der Waals surface area contributed by atoms with Gasteiger partial charge in [0.25, 0.3) is 5.91 Å². The van der Waals surface area contributed by atoms with Crippen molar-refractivity contribution in [2.45, 2.75) is 13.5 Å². The molecular formula is C29H22ClN3O3S. The number of aryl methyl sites for hydroxylation is 1. The largest absolute Gasteiger partial charge is 0.489 e. The minimum atomic E-state index is -0.371. The summed E-state index contributed by atoms with van der Waals surface area (Å²) in [7, 11) is 0. The van der Waals surface area contributed by atoms with Gasteiger partial charge in [0.2, 0.25) is 5.89 Å². The number of nitrogens with zero attached hydrogens (tertiary/aromatic N) is 1. The molecule has 0 radical (unpaired) electrons. The third kappa shape index (κ3) is 5.97. The zero-order valence-electron chi connectivity index (χ0n) is 19.8. The van der Waals surface area contributed by atoms with Crippen LogP contribution in [0.25, 0.3) is 22.6 Å². The first kappa shape index (κ1) is 24.5. The molecule has 1 heterocycles. The van der Waals surface area contributed by atoms with Crippen LogP contribution in [0.5, 0.6) is 5.75 Å². The van der Waals surface area contributed by atoms with Gasteiger partial charge in [-0.3, -0.25) is 10.1 Å². The summed E-state index contributed by atoms with van der Waals surface area (Å²) in [5.41, 5.74) is 5.25. The van der Waals surface area contributed by atoms with E-state index in [2.05, 4.69) is 15.6 Å². The van der Waals surface area contributed by atoms with Crippen LogP contribution < -0.4 is 15.4 Å². The fourth-order valence-electron chi connectivity index (χ4n) is 3.71. The number of rotatable bonds is 6. The molecule has 0 spiro atoms. The average Bonchev–Trinajstić information content (AvgIpc) is 3.33. The van der Waals surface area contributed by atoms with Gasteiger partial charge in [-0.1, -0.05) is 54.1 Å². The standard InChI is InChI=1S/C29H22ClN3O3S/c1-18-10-13-24-26(14-18)36-28(31-24)21-11-12-23(30)25(16-21)32-29(37)33-27(34)20-8-5-9-22(15-20)35-17-19-6-3-2-4-7-19/h2-16H,17H2,1H3,(H2,32,33,34,37). The Morgan fingerprint density at radius 3 is 2.68 bits per heavy atom. The number of nitrogens with one attached hydrogen (secondary N) is 2. The van der Waals surface area contributed by atoms with Crippen molar-refractivity contribution >= 4 is 51.6 Å². The predicted molar refractivity (Wildman–Crippen MR) is 150 cm³/mol. The smallest absolute Gasteiger partial charge is 0.257 e. The van der Waals surface area contributed by atoms with Crippen LogP contribution in [0.4, 0.5) is 5.69 Å². The van der Waals surface area contributed by atoms with Crippen LogP contribution in [0.1, 0.15) is 21.5 Å². The molecule has 1 aromatic heterocycles. The number of hydrogen-bond donors (Lipinski definition) is 2. The van der Waals surface area contributed by atoms with Crippen LogP contribution >= 0.6 is 23.8 Å². The molecule has 0 aliphatic heterocycles. The fraction of sp³-hybridized carbons (Fsp3) is 0.0690. The van der Waals surface area contributed by atoms with Crippen molar-refractivity contribution < 1.29 is 13.9 Å². The number of halogens is 1. The predicted octanol–water partition coefficient (Wildman–Crippen LogP) is 7.16. The highest BCUT2D eigenvalue weighted by Crippen LogP contribution is 2.30. The van der Waals surface area contributed by atoms with Crippen molar-refractivity contribution in [2.24, 2.45) is 0 Å². The lowest BCUT2D eigenvalue weighted by Gasteiger charge is -2.12. The normalized spacial score (nSPS) is 10.8. The molecule has 0 aliphatic rings. The molecule has 184 valence electrons. The van der Waals surface area contributed by atoms with Gasteiger partial charge in [0.05, 0.1) is 10.7 Å². The maximum Gasteiger partial charge on any atom is 0.257 e. The highest BCUT2D eigenvalue weighted by Gasteiger charge is 2.14. The van der Waals surface area contributed by atoms with Gasteiger partial charge in [-0.2, -0.15) is 0 Å². The van der Waals surface area contributed by atoms with Crippen molar-refractivity contribution in [3.05, 3.63) is 113 Å². The number of amides is 1. The Kier molecular flexibility index (Phi) is 7.16. The van der Waals surface area contributed by atoms with Gasteiger partial charge in [-0.05, 0) is 78.8 Å². The molecule has 37 heavy (non-hydrogen) atoms. The molecule has 0 fully saturated rings. The summed E-state index contributed by atoms with van der Waals surface area (Å²) >= 11 is 11.8. The molecule has 1 amide bonds. The summed E-state index contributed by atoms with van der Waals surface area (Å²) in [6, 6.07) is 27.9. The number of aromatic nitrogens is 1. The highest BCUT2D eigenvalue weighted by atomic mass is 35.5. The van der Waals surface area contributed by atoms with Crippen LogP contribution in [0, 0.1) is 6.92 Å². The SMILES string of the molecule is Cc1ccc2nc(-c3ccc(Cl)c(NC(=S)NC(=O)c4cccc(OCc5ccccc5)c4)c3)oc2c1. The van der Waals surface area contributed by atoms with E-state index in [9.17, 15) is 4.79 Å². The number of thiocarbonyl (C=S) groups is 1. The van der Waals surface area contributed by atoms with Gasteiger partial charge < -0.3 is 14.5 Å². The summed E-state index contributed by atoms with van der Waals surface area (Å²) in [5.74, 6) is 0.673. The van der Waals surface area contributed by atoms with Crippen LogP contribution in [-0.4, -0.2) is 16.0 Å². The molecule has 0 saturated carbocycles. The number of benzene rings is 4. The lowest BCUT2D eigenvalue weighted by atomic mass is 10.2. The number of hydrogen-bond acceptors (Lipinski definition) is 5. The minimum absolute atomic E-state index is 0.104. The molecule has 0 atom stereocenters. The van der Waals surface area contributed by atoms with E-state index in [4.69, 9.17) is 33.0 Å². The zero-order chi connectivity index (χ0) is 25.8. The second-order valence-corrected chi connectivity index (χ2v) is 9.21. The minimum Gasteiger partial charge on any atom is -0.489 e. The van der Waals surface area contributed by atoms with Gasteiger partial charge in [-0.25, -0.2) is 4.98 Å². The van der Waals surface area contributed by atoms with Gasteiger partial charge in [0.1, 0.15) is 17.9 Å². The summed E-state index contributed by atoms with van der Waals surface area (Å²) in [6.07, 6.45) is 0. The lowest BCUT2D eigenvalue weighted by Crippen LogP contribution is -2.34. The second kappa shape index (κ2) is 10.8. The first-order chi connectivity index (χ1) is 17.9. The first-order valence-electron chi connectivity index (χ1n) is 11.5. The van der Waals surface area contributed by atoms with Gasteiger partial charge >= 0.3 is 0 Å². The van der Waals surface area contributed by atoms with E-state index in [1.54, 1.807) is 36.4 Å². The topological polar surface area (TPSA) is 76.4 Å². The molecule has 0 unspecified atom stereocenters. The van der Waals surface area contributed by atoms with Crippen molar-refractivity contribution in [3.63, 3.8) is 0 Å². The maximum absolute atomic E-state index is 12.8. The van der Waals surface area contributed by atoms with Crippen molar-refractivity contribution in [2.75, 3.05) is 5.32 Å². The fourth-order valence-corrected chi connectivity index (χ4v) is 4.07. The summed E-state index contributed by atoms with van der Waals surface area (Å²) in [4.78, 5) is 17.4. The summed E-state index contributed by atoms with van der Waals surface area (Å²) in [5, 5.41) is 6.22. The molecule has 0 saturated heterocycles. The van der Waals surface area contributed by atoms with Crippen molar-refractivity contribution in [1.29, 1.82) is 0 Å². The van der Waals surface area contributed by atoms with E-state index < -0.39 is 0 Å². The van der Waals surface area contributed by atoms with E-state index in [-0.39, 0.29) is 11.0 Å². The molecule has 4 aromatic carbocycles. The summed E-state index contributed by atoms with van der Waals surface area (Å²) in [6.45, 7) is 2.40. The van der Waals surface area contributed by atoms with E-state index in [0.717, 1.165) is 22.2 Å². The molecular weight excluding hydrogens is 506 g/mol. The zero-order valence-corrected chi connectivity index (χ0v) is 21.4. The number of carbonyl (C=O) groups is 1. The lowest BCUT2D eigenvalue weighted by molar-refractivity contribution is 0.0977. The first-order valence-corrected chi connectivity index (χ1v) is 12.3. The molecule has 0 bridgehead atoms. The molecule has 8 heteroatoms. The number of fused-ring (bicyclic) bond motifs is 1. The number of ether oxygens (including phenoxy) is 1. The Morgan fingerprint density at radius 1 is 1.00 bits per heavy atom. The van der Waals surface area contributed by atoms with E-state index in [1.165, 1.54) is 0 Å². The molecule has 0 aliphatic carbocycles. The third-order valence-electron chi connectivity index (χ3n) is 5.58. The Balaban J connectivity index is 1.25. The molecule has 6 nitrogen and oxygen atoms in total. The van der Waals surface area contributed by atoms with Gasteiger partial charge in [0, 0.05) is 11.1 Å². The van der Waals surface area contributed by atoms with E-state index >= 15 is 0 Å². The number of oxazole rings is 1. The van der Waals surface area contributed by atoms with Crippen molar-refractivity contribution in [1.82, 2.24) is 10.3 Å². The number of anilines is 1. The second-order valence-electron chi connectivity index (χ2n) is 8.40. The Morgan fingerprint density at radius 2 is 1.84 bits per heavy atom. The van der Waals surface area contributed by atoms with Crippen molar-refractivity contribution in [3.8, 4) is 17.2 Å². The highest BCUT2D eigenvalue weighted by molar-refractivity contribution is 7.80. The average molecular weight is 528 g/mol. The molecule has 2 N–H and O–H groups in total. The number of carbonyl (C=O) groups excluding carboxylic acids is 1. The molecule has 5 rings (SSSR count). The van der Waals surface area contributed by atoms with Crippen LogP contribution in [0.2, 0.25) is 5.02 Å². The van der Waals surface area contributed by atoms with Crippen LogP contribution in [0.15, 0.2) is 95.4 Å². The Bertz CT molecular complexity index is 1600. The van der Waals surface area contributed by atoms with E-state index in [0.29, 0.717) is 40.1 Å². The van der Waals surface area contributed by atoms with E-state index in [1.807, 2.05) is 61.5 Å². The molecule has 5 aromatic rings. The van der Waals surface area contributed by atoms with Gasteiger partial charge in [-0.15, -0.1) is 0 Å². The summed E-state index contributed by atoms with van der Waals surface area (Å²) < 4.78 is 11.7. The Labute approximate surface area is 224 Å². The maximum atomic E-state index is 12.8. The Hall–Kier alpha value is -4.20. The van der Waals surface area contributed by atoms with Crippen LogP contribution in [0.3, 0.4) is 0 Å².